The first kappa shape index (κ1) is 107. The van der Waals surface area contributed by atoms with Crippen LogP contribution in [0.15, 0.2) is 168 Å². The molecule has 0 unspecified atom stereocenters. The minimum atomic E-state index is -2.65. The van der Waals surface area contributed by atoms with Gasteiger partial charge < -0.3 is 46.6 Å². The van der Waals surface area contributed by atoms with Crippen molar-refractivity contribution in [2.45, 2.75) is 240 Å². The summed E-state index contributed by atoms with van der Waals surface area (Å²) in [6, 6.07) is 73.9. The number of aryl methyl sites for hydroxylation is 8. The quantitative estimate of drug-likeness (QED) is 0.0936. The van der Waals surface area contributed by atoms with E-state index in [9.17, 15) is 0 Å². The molecule has 2 fully saturated rings. The van der Waals surface area contributed by atoms with Crippen LogP contribution in [0, 0.1) is 104 Å². The average Bonchev–Trinajstić information content (AvgIpc) is 1.51. The minimum Gasteiger partial charge on any atom is -0.376 e. The minimum absolute atomic E-state index is 0. The number of fused-ring (bicyclic) bond motifs is 10. The van der Waals surface area contributed by atoms with Crippen LogP contribution in [0.3, 0.4) is 0 Å². The van der Waals surface area contributed by atoms with Crippen molar-refractivity contribution in [2.24, 2.45) is 0 Å². The van der Waals surface area contributed by atoms with Gasteiger partial charge in [-0.1, -0.05) is 256 Å². The molecule has 4 aliphatic rings. The standard InChI is InChI=1S/2C28H24Si.C16H20Si.8C2H6.3CH4.4Y/c1-17-5-9-21-22-10-6-18(2)14-26(22)29(25(21)13-17)27-15-19(3)7-11-23(27)24-12-8-20(4)16-28(24)29;1-21-9-5-13-25(17-21)29(26-14-6-10-22(2)18-26,27-15-7-11-23(3)19-27)28-16-8-12-24(4)20-28;1-5-13-9-17(10-14(13)6-2)11-15(7-3)16(8-4)12-17;8*1-2;;;;;;;/h5-16H,1-4H3;5-12,17-20H,1-4H3;9-12H2,1-4H3;8*1-2H3;3*1H4;;;;/q;2*-4;;;;;;;;;;;;;;;. The van der Waals surface area contributed by atoms with Crippen LogP contribution >= 0.6 is 0 Å². The molecule has 0 N–H and O–H groups in total. The first-order chi connectivity index (χ1) is 44.2. The molecule has 4 heterocycles. The predicted octanol–water partition coefficient (Wildman–Crippen LogP) is 22.3. The molecule has 2 spiro atoms. The maximum absolute atomic E-state index is 3.61. The smallest absolute Gasteiger partial charge is 0.182 e. The summed E-state index contributed by atoms with van der Waals surface area (Å²) in [4.78, 5) is 0. The van der Waals surface area contributed by atoms with Crippen LogP contribution in [0.1, 0.15) is 205 Å². The SMILES string of the molecule is C.C.C.CC.CC.CC.CC.CC.CC.CC.CC.C[C-]=C1C[Si]2(CC1=[C-]C)CC(=[C-]C)C(=[C-]C)C2.Cc1cc[c-]c([Si](c2[c-]ccc(C)c2)(c2[c-]ccc(C)c2)c2[c-]ccc(C)c2)c1.Cc1ccc2c(c1)[Si]1(c3cc(C)ccc3-2)c2cc(C)ccc2-c2ccc(C)cc21.[Y].[Y].[Y].[Y]. The van der Waals surface area contributed by atoms with Crippen LogP contribution in [-0.2, 0) is 131 Å². The van der Waals surface area contributed by atoms with Crippen LogP contribution in [-0.4, -0.2) is 24.2 Å². The predicted molar refractivity (Wildman–Crippen MR) is 437 cm³/mol. The van der Waals surface area contributed by atoms with E-state index in [1.807, 2.05) is 163 Å². The molecule has 4 radical (unpaired) electrons. The zero-order chi connectivity index (χ0) is 68.8. The van der Waals surface area contributed by atoms with E-state index in [-0.39, 0.29) is 153 Å². The average molecular weight is 1660 g/mol. The Morgan fingerprint density at radius 1 is 0.276 bits per heavy atom. The van der Waals surface area contributed by atoms with Crippen LogP contribution in [0.5, 0.6) is 0 Å². The molecule has 12 rings (SSSR count). The number of hydrogen-bond donors (Lipinski definition) is 0. The van der Waals surface area contributed by atoms with E-state index in [2.05, 4.69) is 225 Å². The zero-order valence-electron chi connectivity index (χ0n) is 64.5. The Morgan fingerprint density at radius 3 is 0.612 bits per heavy atom. The van der Waals surface area contributed by atoms with Crippen molar-refractivity contribution in [3.8, 4) is 22.3 Å². The molecule has 0 amide bonds. The molecule has 4 aliphatic heterocycles. The molecule has 0 bridgehead atoms. The van der Waals surface area contributed by atoms with Crippen LogP contribution < -0.4 is 41.5 Å². The number of allylic oxidation sites excluding steroid dienone is 8. The summed E-state index contributed by atoms with van der Waals surface area (Å²) >= 11 is 0. The van der Waals surface area contributed by atoms with E-state index in [0.29, 0.717) is 0 Å². The Bertz CT molecular complexity index is 3190. The number of rotatable bonds is 4. The molecule has 7 heteroatoms. The topological polar surface area (TPSA) is 0 Å². The Morgan fingerprint density at radius 2 is 0.449 bits per heavy atom. The first-order valence-corrected chi connectivity index (χ1v) is 41.6. The summed E-state index contributed by atoms with van der Waals surface area (Å²) in [7, 11) is -6.13. The second-order valence-electron chi connectivity index (χ2n) is 21.9. The molecule has 0 atom stereocenters. The fourth-order valence-electron chi connectivity index (χ4n) is 13.0. The van der Waals surface area contributed by atoms with Crippen LogP contribution in [0.25, 0.3) is 22.3 Å². The van der Waals surface area contributed by atoms with E-state index in [0.717, 1.165) is 0 Å². The summed E-state index contributed by atoms with van der Waals surface area (Å²) < 4.78 is 0. The fraction of sp³-hybridized carbons (Fsp3) is 0.385. The normalized spacial score (nSPS) is 14.8. The maximum atomic E-state index is 3.61. The van der Waals surface area contributed by atoms with E-state index in [1.54, 1.807) is 20.7 Å². The number of benzene rings is 8. The largest absolute Gasteiger partial charge is 0.376 e. The zero-order valence-corrected chi connectivity index (χ0v) is 78.8. The Hall–Kier alpha value is -2.21. The van der Waals surface area contributed by atoms with Gasteiger partial charge in [-0.3, -0.25) is 0 Å². The molecule has 0 saturated carbocycles. The van der Waals surface area contributed by atoms with E-state index >= 15 is 0 Å². The van der Waals surface area contributed by atoms with Gasteiger partial charge in [-0.25, -0.2) is 0 Å². The first-order valence-electron chi connectivity index (χ1n) is 34.7. The van der Waals surface area contributed by atoms with Gasteiger partial charge >= 0.3 is 0 Å². The molecule has 524 valence electrons. The van der Waals surface area contributed by atoms with Gasteiger partial charge in [0.15, 0.2) is 8.07 Å². The molecular weight excluding hydrogens is 1530 g/mol. The van der Waals surface area contributed by atoms with Crippen LogP contribution in [0.2, 0.25) is 24.2 Å². The van der Waals surface area contributed by atoms with Gasteiger partial charge in [0.25, 0.3) is 0 Å². The van der Waals surface area contributed by atoms with E-state index in [1.165, 1.54) is 134 Å². The Balaban J connectivity index is -0.000000290. The fourth-order valence-corrected chi connectivity index (χ4v) is 29.0. The van der Waals surface area contributed by atoms with Gasteiger partial charge in [0.05, 0.1) is 8.07 Å². The third-order valence-corrected chi connectivity index (χ3v) is 30.2. The molecule has 8 aromatic rings. The van der Waals surface area contributed by atoms with Crippen molar-refractivity contribution in [3.05, 3.63) is 261 Å². The second kappa shape index (κ2) is 54.4. The van der Waals surface area contributed by atoms with E-state index < -0.39 is 24.2 Å². The van der Waals surface area contributed by atoms with Crippen molar-refractivity contribution >= 4 is 65.7 Å². The van der Waals surface area contributed by atoms with Crippen molar-refractivity contribution in [1.82, 2.24) is 0 Å². The van der Waals surface area contributed by atoms with Crippen molar-refractivity contribution in [1.29, 1.82) is 0 Å². The van der Waals surface area contributed by atoms with Crippen LogP contribution in [0.4, 0.5) is 0 Å². The molecule has 98 heavy (non-hydrogen) atoms. The number of hydrogen-bond acceptors (Lipinski definition) is 0. The third kappa shape index (κ3) is 24.4. The van der Waals surface area contributed by atoms with Gasteiger partial charge in [0.1, 0.15) is 0 Å². The van der Waals surface area contributed by atoms with E-state index in [4.69, 9.17) is 0 Å². The van der Waals surface area contributed by atoms with Gasteiger partial charge in [-0.15, -0.1) is 51.9 Å². The molecule has 2 saturated heterocycles. The molecule has 0 nitrogen and oxygen atoms in total. The summed E-state index contributed by atoms with van der Waals surface area (Å²) in [6.07, 6.45) is 13.5. The van der Waals surface area contributed by atoms with Crippen molar-refractivity contribution in [3.63, 3.8) is 0 Å². The maximum Gasteiger partial charge on any atom is 0.182 e. The Labute approximate surface area is 710 Å². The third-order valence-electron chi connectivity index (χ3n) is 16.5. The molecule has 8 aromatic carbocycles. The van der Waals surface area contributed by atoms with Gasteiger partial charge in [0, 0.05) is 131 Å². The molecular formula is C91H128Si3Y4-8. The molecule has 0 aliphatic carbocycles. The molecule has 0 aromatic heterocycles. The van der Waals surface area contributed by atoms with Gasteiger partial charge in [-0.2, -0.15) is 140 Å². The second-order valence-corrected chi connectivity index (χ2v) is 33.7. The summed E-state index contributed by atoms with van der Waals surface area (Å²) in [5.74, 6) is 0. The van der Waals surface area contributed by atoms with Gasteiger partial charge in [-0.05, 0) is 78.8 Å². The van der Waals surface area contributed by atoms with Gasteiger partial charge in [0.2, 0.25) is 0 Å². The monoisotopic (exact) mass is 1660 g/mol. The van der Waals surface area contributed by atoms with Crippen molar-refractivity contribution in [2.75, 3.05) is 0 Å². The van der Waals surface area contributed by atoms with Crippen molar-refractivity contribution < 1.29 is 131 Å². The summed E-state index contributed by atoms with van der Waals surface area (Å²) in [5.41, 5.74) is 21.9. The summed E-state index contributed by atoms with van der Waals surface area (Å²) in [6.45, 7) is 57.7. The summed E-state index contributed by atoms with van der Waals surface area (Å²) in [5, 5.41) is 11.2. The Kier molecular flexibility index (Phi) is 59.3.